The Bertz CT molecular complexity index is 549. The van der Waals surface area contributed by atoms with Crippen molar-refractivity contribution in [1.29, 1.82) is 0 Å². The lowest BCUT2D eigenvalue weighted by Crippen LogP contribution is -2.30. The number of benzene rings is 1. The molecule has 21 heavy (non-hydrogen) atoms. The Morgan fingerprint density at radius 3 is 2.14 bits per heavy atom. The third-order valence-electron chi connectivity index (χ3n) is 2.83. The number of carbonyl (C=O) groups excluding carboxylic acids is 1. The van der Waals surface area contributed by atoms with Crippen molar-refractivity contribution in [2.75, 3.05) is 26.3 Å². The first kappa shape index (κ1) is 17.5. The van der Waals surface area contributed by atoms with Crippen molar-refractivity contribution >= 4 is 16.0 Å². The topological polar surface area (TPSA) is 72.9 Å². The Balaban J connectivity index is 2.76. The summed E-state index contributed by atoms with van der Waals surface area (Å²) in [5.74, 6) is -0.0427. The van der Waals surface area contributed by atoms with Crippen LogP contribution in [0.25, 0.3) is 0 Å². The van der Waals surface area contributed by atoms with E-state index in [1.807, 2.05) is 0 Å². The molecule has 0 atom stereocenters. The molecule has 0 fully saturated rings. The molecule has 0 saturated carbocycles. The minimum absolute atomic E-state index is 0.198. The molecule has 0 aliphatic rings. The number of esters is 1. The lowest BCUT2D eigenvalue weighted by Gasteiger charge is -2.18. The SMILES string of the molecule is CCOC(=O)COc1ccc(S(=O)(=O)N(CC)CC)cc1. The summed E-state index contributed by atoms with van der Waals surface area (Å²) in [6.45, 7) is 6.22. The van der Waals surface area contributed by atoms with Gasteiger partial charge in [-0.3, -0.25) is 0 Å². The molecule has 1 rings (SSSR count). The van der Waals surface area contributed by atoms with Crippen molar-refractivity contribution in [1.82, 2.24) is 4.31 Å². The molecule has 1 aromatic carbocycles. The second-order valence-corrected chi connectivity index (χ2v) is 6.09. The highest BCUT2D eigenvalue weighted by molar-refractivity contribution is 7.89. The molecular formula is C14H21NO5S. The zero-order chi connectivity index (χ0) is 15.9. The molecule has 6 nitrogen and oxygen atoms in total. The first-order valence-corrected chi connectivity index (χ1v) is 8.28. The van der Waals surface area contributed by atoms with E-state index in [-0.39, 0.29) is 11.5 Å². The molecule has 0 aliphatic carbocycles. The number of hydrogen-bond acceptors (Lipinski definition) is 5. The first-order chi connectivity index (χ1) is 9.95. The molecule has 0 heterocycles. The second kappa shape index (κ2) is 7.99. The molecular weight excluding hydrogens is 294 g/mol. The van der Waals surface area contributed by atoms with Gasteiger partial charge >= 0.3 is 5.97 Å². The molecule has 0 aliphatic heterocycles. The minimum atomic E-state index is -3.47. The quantitative estimate of drug-likeness (QED) is 0.682. The lowest BCUT2D eigenvalue weighted by atomic mass is 10.3. The third-order valence-corrected chi connectivity index (χ3v) is 4.89. The number of rotatable bonds is 8. The van der Waals surface area contributed by atoms with Crippen molar-refractivity contribution in [2.45, 2.75) is 25.7 Å². The van der Waals surface area contributed by atoms with E-state index in [1.54, 1.807) is 20.8 Å². The number of hydrogen-bond donors (Lipinski definition) is 0. The third kappa shape index (κ3) is 4.71. The van der Waals surface area contributed by atoms with Crippen molar-refractivity contribution in [3.8, 4) is 5.75 Å². The summed E-state index contributed by atoms with van der Waals surface area (Å²) >= 11 is 0. The van der Waals surface area contributed by atoms with Crippen LogP contribution in [0.1, 0.15) is 20.8 Å². The maximum absolute atomic E-state index is 12.3. The van der Waals surface area contributed by atoms with Gasteiger partial charge in [0.1, 0.15) is 5.75 Å². The fraction of sp³-hybridized carbons (Fsp3) is 0.500. The Morgan fingerprint density at radius 1 is 1.10 bits per heavy atom. The first-order valence-electron chi connectivity index (χ1n) is 6.84. The summed E-state index contributed by atoms with van der Waals surface area (Å²) in [6, 6.07) is 5.98. The van der Waals surface area contributed by atoms with Crippen molar-refractivity contribution in [2.24, 2.45) is 0 Å². The molecule has 0 spiro atoms. The standard InChI is InChI=1S/C14H21NO5S/c1-4-15(5-2)21(17,18)13-9-7-12(8-10-13)20-11-14(16)19-6-3/h7-10H,4-6,11H2,1-3H3. The zero-order valence-electron chi connectivity index (χ0n) is 12.5. The van der Waals surface area contributed by atoms with Crippen LogP contribution < -0.4 is 4.74 Å². The van der Waals surface area contributed by atoms with Crippen LogP contribution in [-0.2, 0) is 19.6 Å². The summed E-state index contributed by atoms with van der Waals surface area (Å²) < 4.78 is 35.9. The van der Waals surface area contributed by atoms with Crippen LogP contribution in [-0.4, -0.2) is 45.0 Å². The average Bonchev–Trinajstić information content (AvgIpc) is 2.47. The largest absolute Gasteiger partial charge is 0.482 e. The normalized spacial score (nSPS) is 11.4. The van der Waals surface area contributed by atoms with Crippen LogP contribution in [0.15, 0.2) is 29.2 Å². The van der Waals surface area contributed by atoms with E-state index in [4.69, 9.17) is 9.47 Å². The van der Waals surface area contributed by atoms with Gasteiger partial charge in [-0.05, 0) is 31.2 Å². The summed E-state index contributed by atoms with van der Waals surface area (Å²) in [5.41, 5.74) is 0. The summed E-state index contributed by atoms with van der Waals surface area (Å²) in [6.07, 6.45) is 0. The van der Waals surface area contributed by atoms with Crippen LogP contribution in [0.5, 0.6) is 5.75 Å². The van der Waals surface area contributed by atoms with Gasteiger partial charge in [0.15, 0.2) is 6.61 Å². The van der Waals surface area contributed by atoms with Gasteiger partial charge in [0.2, 0.25) is 10.0 Å². The van der Waals surface area contributed by atoms with Crippen molar-refractivity contribution in [3.63, 3.8) is 0 Å². The van der Waals surface area contributed by atoms with Gasteiger partial charge < -0.3 is 9.47 Å². The van der Waals surface area contributed by atoms with E-state index < -0.39 is 16.0 Å². The smallest absolute Gasteiger partial charge is 0.344 e. The number of nitrogens with zero attached hydrogens (tertiary/aromatic N) is 1. The molecule has 0 saturated heterocycles. The minimum Gasteiger partial charge on any atom is -0.482 e. The average molecular weight is 315 g/mol. The maximum Gasteiger partial charge on any atom is 0.344 e. The predicted molar refractivity (Wildman–Crippen MR) is 78.7 cm³/mol. The summed E-state index contributed by atoms with van der Waals surface area (Å²) in [7, 11) is -3.47. The molecule has 0 amide bonds. The Labute approximate surface area is 125 Å². The van der Waals surface area contributed by atoms with Gasteiger partial charge in [0.25, 0.3) is 0 Å². The molecule has 0 N–H and O–H groups in total. The molecule has 0 bridgehead atoms. The van der Waals surface area contributed by atoms with Crippen LogP contribution in [0.3, 0.4) is 0 Å². The highest BCUT2D eigenvalue weighted by Crippen LogP contribution is 2.19. The number of ether oxygens (including phenoxy) is 2. The highest BCUT2D eigenvalue weighted by atomic mass is 32.2. The van der Waals surface area contributed by atoms with E-state index in [0.717, 1.165) is 0 Å². The van der Waals surface area contributed by atoms with E-state index >= 15 is 0 Å². The van der Waals surface area contributed by atoms with Gasteiger partial charge in [-0.15, -0.1) is 0 Å². The van der Waals surface area contributed by atoms with Crippen LogP contribution in [0, 0.1) is 0 Å². The van der Waals surface area contributed by atoms with E-state index in [1.165, 1.54) is 28.6 Å². The maximum atomic E-state index is 12.3. The Morgan fingerprint density at radius 2 is 1.67 bits per heavy atom. The number of sulfonamides is 1. The van der Waals surface area contributed by atoms with Gasteiger partial charge in [-0.25, -0.2) is 13.2 Å². The lowest BCUT2D eigenvalue weighted by molar-refractivity contribution is -0.145. The van der Waals surface area contributed by atoms with Crippen LogP contribution >= 0.6 is 0 Å². The monoisotopic (exact) mass is 315 g/mol. The molecule has 0 aromatic heterocycles. The highest BCUT2D eigenvalue weighted by Gasteiger charge is 2.21. The Kier molecular flexibility index (Phi) is 6.64. The van der Waals surface area contributed by atoms with Crippen molar-refractivity contribution < 1.29 is 22.7 Å². The fourth-order valence-corrected chi connectivity index (χ4v) is 3.22. The number of carbonyl (C=O) groups is 1. The summed E-state index contributed by atoms with van der Waals surface area (Å²) in [4.78, 5) is 11.4. The van der Waals surface area contributed by atoms with Crippen LogP contribution in [0.2, 0.25) is 0 Å². The predicted octanol–water partition coefficient (Wildman–Crippen LogP) is 1.66. The van der Waals surface area contributed by atoms with E-state index in [9.17, 15) is 13.2 Å². The van der Waals surface area contributed by atoms with Crippen molar-refractivity contribution in [3.05, 3.63) is 24.3 Å². The van der Waals surface area contributed by atoms with Gasteiger partial charge in [-0.1, -0.05) is 13.8 Å². The molecule has 118 valence electrons. The molecule has 0 unspecified atom stereocenters. The second-order valence-electron chi connectivity index (χ2n) is 4.15. The van der Waals surface area contributed by atoms with Crippen LogP contribution in [0.4, 0.5) is 0 Å². The molecule has 0 radical (unpaired) electrons. The van der Waals surface area contributed by atoms with Gasteiger partial charge in [0, 0.05) is 13.1 Å². The van der Waals surface area contributed by atoms with Gasteiger partial charge in [0.05, 0.1) is 11.5 Å². The molecule has 1 aromatic rings. The zero-order valence-corrected chi connectivity index (χ0v) is 13.4. The Hall–Kier alpha value is -1.60. The van der Waals surface area contributed by atoms with E-state index in [0.29, 0.717) is 25.4 Å². The van der Waals surface area contributed by atoms with E-state index in [2.05, 4.69) is 0 Å². The van der Waals surface area contributed by atoms with Gasteiger partial charge in [-0.2, -0.15) is 4.31 Å². The fourth-order valence-electron chi connectivity index (χ4n) is 1.77. The molecule has 7 heteroatoms. The summed E-state index contributed by atoms with van der Waals surface area (Å²) in [5, 5.41) is 0.